The molecule has 0 amide bonds. The van der Waals surface area contributed by atoms with Crippen LogP contribution in [0, 0.1) is 13.8 Å². The van der Waals surface area contributed by atoms with Crippen molar-refractivity contribution in [3.63, 3.8) is 0 Å². The van der Waals surface area contributed by atoms with E-state index in [9.17, 15) is 4.79 Å². The van der Waals surface area contributed by atoms with Gasteiger partial charge in [0.15, 0.2) is 11.0 Å². The average Bonchev–Trinajstić information content (AvgIpc) is 2.59. The smallest absolute Gasteiger partial charge is 0.159 e. The Kier molecular flexibility index (Phi) is 6.42. The van der Waals surface area contributed by atoms with E-state index in [-0.39, 0.29) is 5.78 Å². The number of carbonyl (C=O) groups is 1. The fraction of sp³-hybridized carbons (Fsp3) is 0.200. The molecule has 130 valence electrons. The molecule has 0 bridgehead atoms. The van der Waals surface area contributed by atoms with Crippen LogP contribution < -0.4 is 11.5 Å². The van der Waals surface area contributed by atoms with Crippen LogP contribution in [-0.4, -0.2) is 16.7 Å². The Morgan fingerprint density at radius 3 is 2.16 bits per heavy atom. The van der Waals surface area contributed by atoms with Crippen LogP contribution >= 0.6 is 11.8 Å². The zero-order valence-corrected chi connectivity index (χ0v) is 15.6. The maximum Gasteiger partial charge on any atom is 0.159 e. The number of para-hydroxylation sites is 1. The third-order valence-corrected chi connectivity index (χ3v) is 4.68. The molecule has 2 rings (SSSR count). The molecule has 0 saturated carbocycles. The number of nitrogens with zero attached hydrogens (tertiary/aromatic N) is 1. The minimum atomic E-state index is -0.0614. The van der Waals surface area contributed by atoms with Crippen molar-refractivity contribution in [1.29, 1.82) is 0 Å². The summed E-state index contributed by atoms with van der Waals surface area (Å²) in [6.45, 7) is 5.51. The van der Waals surface area contributed by atoms with Gasteiger partial charge in [0.2, 0.25) is 0 Å². The zero-order valence-electron chi connectivity index (χ0n) is 14.7. The van der Waals surface area contributed by atoms with Gasteiger partial charge in [-0.05, 0) is 37.5 Å². The summed E-state index contributed by atoms with van der Waals surface area (Å²) < 4.78 is 0. The van der Waals surface area contributed by atoms with E-state index in [2.05, 4.69) is 4.99 Å². The summed E-state index contributed by atoms with van der Waals surface area (Å²) in [7, 11) is 0. The first kappa shape index (κ1) is 18.8. The molecule has 2 aromatic carbocycles. The lowest BCUT2D eigenvalue weighted by Gasteiger charge is -2.10. The molecule has 25 heavy (non-hydrogen) atoms. The molecule has 0 aliphatic rings. The monoisotopic (exact) mass is 353 g/mol. The van der Waals surface area contributed by atoms with Crippen molar-refractivity contribution in [2.24, 2.45) is 16.5 Å². The van der Waals surface area contributed by atoms with Gasteiger partial charge in [0.25, 0.3) is 0 Å². The number of nitrogens with two attached hydrogens (primary N) is 2. The van der Waals surface area contributed by atoms with E-state index < -0.39 is 0 Å². The first-order chi connectivity index (χ1) is 11.9. The van der Waals surface area contributed by atoms with E-state index in [0.29, 0.717) is 22.2 Å². The van der Waals surface area contributed by atoms with E-state index in [1.807, 2.05) is 62.4 Å². The van der Waals surface area contributed by atoms with Crippen LogP contribution in [0.3, 0.4) is 0 Å². The summed E-state index contributed by atoms with van der Waals surface area (Å²) in [5.41, 5.74) is 17.1. The van der Waals surface area contributed by atoms with Crippen molar-refractivity contribution in [3.05, 3.63) is 70.8 Å². The minimum Gasteiger partial charge on any atom is -0.398 e. The predicted octanol–water partition coefficient (Wildman–Crippen LogP) is 3.94. The molecule has 0 heterocycles. The van der Waals surface area contributed by atoms with Crippen molar-refractivity contribution in [1.82, 2.24) is 0 Å². The maximum absolute atomic E-state index is 12.0. The Bertz CT molecular complexity index is 806. The van der Waals surface area contributed by atoms with E-state index >= 15 is 0 Å². The van der Waals surface area contributed by atoms with Crippen LogP contribution in [0.1, 0.15) is 23.6 Å². The highest BCUT2D eigenvalue weighted by Crippen LogP contribution is 2.25. The second-order valence-electron chi connectivity index (χ2n) is 5.79. The number of benzene rings is 2. The Balaban J connectivity index is 2.22. The van der Waals surface area contributed by atoms with Crippen LogP contribution in [0.5, 0.6) is 0 Å². The van der Waals surface area contributed by atoms with Crippen LogP contribution in [0.25, 0.3) is 5.70 Å². The lowest BCUT2D eigenvalue weighted by atomic mass is 10.1. The Morgan fingerprint density at radius 2 is 1.60 bits per heavy atom. The summed E-state index contributed by atoms with van der Waals surface area (Å²) in [6.07, 6.45) is 0. The van der Waals surface area contributed by atoms with Gasteiger partial charge in [0, 0.05) is 17.0 Å². The number of hydrogen-bond acceptors (Lipinski definition) is 4. The normalized spacial score (nSPS) is 12.7. The highest BCUT2D eigenvalue weighted by atomic mass is 32.2. The second-order valence-corrected chi connectivity index (χ2v) is 6.79. The highest BCUT2D eigenvalue weighted by Gasteiger charge is 2.12. The SMILES string of the molecule is CC(=O)/C(CSC(N)=Nc1c(C)cccc1C)=C(\N)c1ccccc1. The Morgan fingerprint density at radius 1 is 1.00 bits per heavy atom. The summed E-state index contributed by atoms with van der Waals surface area (Å²) >= 11 is 1.32. The van der Waals surface area contributed by atoms with Crippen molar-refractivity contribution < 1.29 is 4.79 Å². The first-order valence-corrected chi connectivity index (χ1v) is 8.97. The average molecular weight is 353 g/mol. The molecule has 0 saturated heterocycles. The largest absolute Gasteiger partial charge is 0.398 e. The maximum atomic E-state index is 12.0. The molecule has 0 unspecified atom stereocenters. The molecule has 2 aromatic rings. The molecule has 5 heteroatoms. The predicted molar refractivity (Wildman–Crippen MR) is 108 cm³/mol. The molecule has 0 spiro atoms. The molecule has 0 aliphatic carbocycles. The fourth-order valence-electron chi connectivity index (χ4n) is 2.43. The first-order valence-electron chi connectivity index (χ1n) is 7.98. The fourth-order valence-corrected chi connectivity index (χ4v) is 3.24. The number of amidine groups is 1. The quantitative estimate of drug-likeness (QED) is 0.484. The molecule has 0 aromatic heterocycles. The highest BCUT2D eigenvalue weighted by molar-refractivity contribution is 8.14. The van der Waals surface area contributed by atoms with Crippen LogP contribution in [0.2, 0.25) is 0 Å². The van der Waals surface area contributed by atoms with Gasteiger partial charge in [-0.1, -0.05) is 60.3 Å². The lowest BCUT2D eigenvalue weighted by molar-refractivity contribution is -0.113. The van der Waals surface area contributed by atoms with Crippen LogP contribution in [0.15, 0.2) is 59.1 Å². The topological polar surface area (TPSA) is 81.5 Å². The van der Waals surface area contributed by atoms with Gasteiger partial charge < -0.3 is 11.5 Å². The number of hydrogen-bond donors (Lipinski definition) is 2. The molecule has 4 N–H and O–H groups in total. The number of aryl methyl sites for hydroxylation is 2. The summed E-state index contributed by atoms with van der Waals surface area (Å²) in [4.78, 5) is 16.5. The summed E-state index contributed by atoms with van der Waals surface area (Å²) in [5, 5.41) is 0.414. The Labute approximate surface area is 153 Å². The van der Waals surface area contributed by atoms with E-state index in [4.69, 9.17) is 11.5 Å². The third-order valence-electron chi connectivity index (χ3n) is 3.86. The number of aliphatic imine (C=N–C) groups is 1. The van der Waals surface area contributed by atoms with Gasteiger partial charge in [-0.3, -0.25) is 4.79 Å². The molecular formula is C20H23N3OS. The lowest BCUT2D eigenvalue weighted by Crippen LogP contribution is -2.14. The van der Waals surface area contributed by atoms with Gasteiger partial charge in [-0.2, -0.15) is 0 Å². The Hall–Kier alpha value is -2.53. The van der Waals surface area contributed by atoms with Crippen molar-refractivity contribution >= 4 is 34.1 Å². The number of carbonyl (C=O) groups excluding carboxylic acids is 1. The zero-order chi connectivity index (χ0) is 18.4. The van der Waals surface area contributed by atoms with Gasteiger partial charge in [0.05, 0.1) is 5.69 Å². The van der Waals surface area contributed by atoms with Crippen LogP contribution in [0.4, 0.5) is 5.69 Å². The molecular weight excluding hydrogens is 330 g/mol. The van der Waals surface area contributed by atoms with E-state index in [0.717, 1.165) is 22.4 Å². The van der Waals surface area contributed by atoms with E-state index in [1.165, 1.54) is 18.7 Å². The van der Waals surface area contributed by atoms with E-state index in [1.54, 1.807) is 0 Å². The molecule has 0 atom stereocenters. The standard InChI is InChI=1S/C20H23N3OS/c1-13-8-7-9-14(2)19(13)23-20(22)25-12-17(15(3)24)18(21)16-10-5-4-6-11-16/h4-11H,12,21H2,1-3H3,(H2,22,23)/b18-17-. The minimum absolute atomic E-state index is 0.0614. The molecule has 0 aliphatic heterocycles. The number of Topliss-reactive ketones (excluding diaryl/α,β-unsaturated/α-hetero) is 1. The molecule has 0 fully saturated rings. The van der Waals surface area contributed by atoms with Gasteiger partial charge in [-0.15, -0.1) is 0 Å². The molecule has 4 nitrogen and oxygen atoms in total. The number of ketones is 1. The number of thioether (sulfide) groups is 1. The third kappa shape index (κ3) is 4.97. The van der Waals surface area contributed by atoms with Gasteiger partial charge in [-0.25, -0.2) is 4.99 Å². The van der Waals surface area contributed by atoms with Crippen LogP contribution in [-0.2, 0) is 4.79 Å². The second kappa shape index (κ2) is 8.53. The number of rotatable bonds is 5. The van der Waals surface area contributed by atoms with Crippen molar-refractivity contribution in [3.8, 4) is 0 Å². The summed E-state index contributed by atoms with van der Waals surface area (Å²) in [5.74, 6) is 0.324. The molecule has 0 radical (unpaired) electrons. The summed E-state index contributed by atoms with van der Waals surface area (Å²) in [6, 6.07) is 15.5. The van der Waals surface area contributed by atoms with Gasteiger partial charge >= 0.3 is 0 Å². The van der Waals surface area contributed by atoms with Crippen molar-refractivity contribution in [2.45, 2.75) is 20.8 Å². The van der Waals surface area contributed by atoms with Crippen molar-refractivity contribution in [2.75, 3.05) is 5.75 Å². The van der Waals surface area contributed by atoms with Gasteiger partial charge in [0.1, 0.15) is 0 Å².